The molecule has 0 spiro atoms. The van der Waals surface area contributed by atoms with Crippen LogP contribution in [0.4, 0.5) is 11.4 Å². The Balaban J connectivity index is 1.89. The Morgan fingerprint density at radius 2 is 2.04 bits per heavy atom. The zero-order chi connectivity index (χ0) is 21.0. The van der Waals surface area contributed by atoms with Gasteiger partial charge in [-0.25, -0.2) is 4.98 Å². The molecule has 7 nitrogen and oxygen atoms in total. The van der Waals surface area contributed by atoms with E-state index in [2.05, 4.69) is 4.98 Å². The number of ether oxygens (including phenoxy) is 1. The number of aliphatic hydroxyl groups is 1. The molecule has 0 saturated carbocycles. The summed E-state index contributed by atoms with van der Waals surface area (Å²) >= 11 is 0. The van der Waals surface area contributed by atoms with Crippen LogP contribution < -0.4 is 16.2 Å². The average Bonchev–Trinajstić information content (AvgIpc) is 2.68. The van der Waals surface area contributed by atoms with Crippen molar-refractivity contribution < 1.29 is 11.3 Å². The number of nitrogens with zero attached hydrogens (tertiary/aromatic N) is 2. The van der Waals surface area contributed by atoms with Gasteiger partial charge in [0.05, 0.1) is 43.1 Å². The van der Waals surface area contributed by atoms with E-state index in [0.717, 1.165) is 5.69 Å². The van der Waals surface area contributed by atoms with Gasteiger partial charge in [0.25, 0.3) is 5.56 Å². The van der Waals surface area contributed by atoms with Gasteiger partial charge in [-0.3, -0.25) is 4.79 Å². The van der Waals surface area contributed by atoms with Gasteiger partial charge in [0, 0.05) is 16.9 Å². The molecule has 0 saturated heterocycles. The lowest BCUT2D eigenvalue weighted by atomic mass is 10.1. The number of benzene rings is 2. The van der Waals surface area contributed by atoms with E-state index < -0.39 is 17.2 Å². The third-order valence-electron chi connectivity index (χ3n) is 4.14. The van der Waals surface area contributed by atoms with Gasteiger partial charge in [-0.05, 0) is 44.2 Å². The summed E-state index contributed by atoms with van der Waals surface area (Å²) in [6.07, 6.45) is 0.411. The topological polar surface area (TPSA) is 104 Å². The molecule has 0 aliphatic rings. The van der Waals surface area contributed by atoms with Crippen LogP contribution in [0.5, 0.6) is 0 Å². The molecule has 2 aromatic carbocycles. The molecular formula is C21H26N4O3. The van der Waals surface area contributed by atoms with E-state index in [0.29, 0.717) is 28.2 Å². The van der Waals surface area contributed by atoms with Crippen molar-refractivity contribution in [2.75, 3.05) is 24.7 Å². The molecule has 1 atom stereocenters. The highest BCUT2D eigenvalue weighted by molar-refractivity contribution is 5.83. The Bertz CT molecular complexity index is 1020. The molecule has 0 amide bonds. The number of aromatic amines is 1. The summed E-state index contributed by atoms with van der Waals surface area (Å²) in [5, 5.41) is 10.9. The van der Waals surface area contributed by atoms with E-state index >= 15 is 0 Å². The lowest BCUT2D eigenvalue weighted by molar-refractivity contribution is 0.0243. The van der Waals surface area contributed by atoms with Crippen molar-refractivity contribution in [2.24, 2.45) is 5.73 Å². The number of fused-ring (bicyclic) bond motifs is 1. The summed E-state index contributed by atoms with van der Waals surface area (Å²) in [6, 6.07) is 14.8. The fraction of sp³-hybridized carbons (Fsp3) is 0.333. The van der Waals surface area contributed by atoms with Crippen molar-refractivity contribution in [3.8, 4) is 0 Å². The van der Waals surface area contributed by atoms with E-state index in [4.69, 9.17) is 11.9 Å². The van der Waals surface area contributed by atoms with Gasteiger partial charge in [-0.15, -0.1) is 0 Å². The number of hydrogen-bond donors (Lipinski definition) is 3. The van der Waals surface area contributed by atoms with Crippen LogP contribution >= 0.6 is 0 Å². The third-order valence-corrected chi connectivity index (χ3v) is 4.14. The number of nitrogens with one attached hydrogen (secondary N) is 1. The lowest BCUT2D eigenvalue weighted by Gasteiger charge is -2.28. The zero-order valence-corrected chi connectivity index (χ0v) is 16.1. The SMILES string of the molecule is [2H]n1cnc2ccc(N(CC(O)COCC(C)(C)N)c3ccccc3)cc2c1=O. The third kappa shape index (κ3) is 5.16. The molecule has 0 aliphatic carbocycles. The summed E-state index contributed by atoms with van der Waals surface area (Å²) in [6.45, 7) is 4.45. The monoisotopic (exact) mass is 383 g/mol. The van der Waals surface area contributed by atoms with Crippen LogP contribution in [-0.4, -0.2) is 46.5 Å². The van der Waals surface area contributed by atoms with E-state index in [1.54, 1.807) is 12.1 Å². The molecule has 0 fully saturated rings. The van der Waals surface area contributed by atoms with Crippen molar-refractivity contribution in [3.63, 3.8) is 0 Å². The highest BCUT2D eigenvalue weighted by atomic mass is 16.5. The van der Waals surface area contributed by atoms with Crippen LogP contribution in [0.2, 0.25) is 1.41 Å². The molecule has 28 heavy (non-hydrogen) atoms. The smallest absolute Gasteiger partial charge is 0.258 e. The van der Waals surface area contributed by atoms with Gasteiger partial charge in [0.1, 0.15) is 0 Å². The molecule has 0 bridgehead atoms. The number of para-hydroxylation sites is 1. The average molecular weight is 383 g/mol. The molecule has 3 aromatic rings. The minimum absolute atomic E-state index is 0.138. The van der Waals surface area contributed by atoms with Crippen molar-refractivity contribution in [3.05, 3.63) is 65.2 Å². The summed E-state index contributed by atoms with van der Waals surface area (Å²) in [5.74, 6) is 0. The predicted molar refractivity (Wildman–Crippen MR) is 111 cm³/mol. The van der Waals surface area contributed by atoms with Crippen molar-refractivity contribution in [1.29, 1.82) is 0 Å². The minimum atomic E-state index is -0.769. The van der Waals surface area contributed by atoms with Gasteiger partial charge in [-0.2, -0.15) is 0 Å². The molecule has 1 aromatic heterocycles. The first kappa shape index (κ1) is 18.6. The molecule has 1 heterocycles. The maximum absolute atomic E-state index is 12.3. The molecule has 7 heteroatoms. The number of hydrogen-bond acceptors (Lipinski definition) is 6. The van der Waals surface area contributed by atoms with Crippen LogP contribution in [0.3, 0.4) is 0 Å². The van der Waals surface area contributed by atoms with Crippen molar-refractivity contribution in [2.45, 2.75) is 25.5 Å². The van der Waals surface area contributed by atoms with E-state index in [-0.39, 0.29) is 13.2 Å². The minimum Gasteiger partial charge on any atom is -0.389 e. The van der Waals surface area contributed by atoms with Gasteiger partial charge in [0.2, 0.25) is 0 Å². The Hall–Kier alpha value is -2.74. The first-order chi connectivity index (χ1) is 13.7. The standard InChI is InChI=1S/C21H26N4O3/c1-21(2,22)13-28-12-17(26)11-25(15-6-4-3-5-7-15)16-8-9-19-18(10-16)20(27)24-14-23-19/h3-10,14,17,26H,11-13,22H2,1-2H3,(H,23,24,27)/i/hD. The Kier molecular flexibility index (Phi) is 5.66. The van der Waals surface area contributed by atoms with Gasteiger partial charge in [-0.1, -0.05) is 18.2 Å². The number of H-pyrrole nitrogens is 1. The molecule has 0 radical (unpaired) electrons. The summed E-state index contributed by atoms with van der Waals surface area (Å²) in [5.41, 5.74) is 7.09. The first-order valence-electron chi connectivity index (χ1n) is 9.57. The van der Waals surface area contributed by atoms with Gasteiger partial charge in [0.15, 0.2) is 1.41 Å². The molecule has 4 N–H and O–H groups in total. The maximum atomic E-state index is 12.3. The van der Waals surface area contributed by atoms with Crippen LogP contribution in [0.25, 0.3) is 10.9 Å². The maximum Gasteiger partial charge on any atom is 0.258 e. The van der Waals surface area contributed by atoms with Crippen LogP contribution in [0.1, 0.15) is 13.8 Å². The quantitative estimate of drug-likeness (QED) is 0.551. The first-order valence-corrected chi connectivity index (χ1v) is 9.12. The molecule has 148 valence electrons. The number of aliphatic hydroxyl groups excluding tert-OH is 1. The van der Waals surface area contributed by atoms with Crippen molar-refractivity contribution in [1.82, 2.24) is 9.96 Å². The number of rotatable bonds is 8. The zero-order valence-electron chi connectivity index (χ0n) is 17.1. The number of nitrogens with two attached hydrogens (primary N) is 1. The second kappa shape index (κ2) is 8.52. The molecular weight excluding hydrogens is 356 g/mol. The Labute approximate surface area is 165 Å². The normalized spacial score (nSPS) is 13.4. The molecule has 0 aliphatic heterocycles. The number of anilines is 2. The fourth-order valence-corrected chi connectivity index (χ4v) is 2.88. The Morgan fingerprint density at radius 1 is 1.29 bits per heavy atom. The second-order valence-corrected chi connectivity index (χ2v) is 7.48. The van der Waals surface area contributed by atoms with Crippen LogP contribution in [0, 0.1) is 0 Å². The predicted octanol–water partition coefficient (Wildman–Crippen LogP) is 2.18. The van der Waals surface area contributed by atoms with Gasteiger partial charge >= 0.3 is 0 Å². The van der Waals surface area contributed by atoms with E-state index in [9.17, 15) is 9.90 Å². The molecule has 1 unspecified atom stereocenters. The largest absolute Gasteiger partial charge is 0.389 e. The van der Waals surface area contributed by atoms with Gasteiger partial charge < -0.3 is 25.5 Å². The lowest BCUT2D eigenvalue weighted by Crippen LogP contribution is -2.39. The van der Waals surface area contributed by atoms with E-state index in [1.807, 2.05) is 55.1 Å². The fourth-order valence-electron chi connectivity index (χ4n) is 2.88. The van der Waals surface area contributed by atoms with E-state index in [1.165, 1.54) is 6.33 Å². The molecule has 3 rings (SSSR count). The Morgan fingerprint density at radius 3 is 2.75 bits per heavy atom. The van der Waals surface area contributed by atoms with Crippen LogP contribution in [0.15, 0.2) is 59.7 Å². The van der Waals surface area contributed by atoms with Crippen LogP contribution in [-0.2, 0) is 4.74 Å². The summed E-state index contributed by atoms with van der Waals surface area (Å²) in [7, 11) is 0. The summed E-state index contributed by atoms with van der Waals surface area (Å²) < 4.78 is 13.2. The van der Waals surface area contributed by atoms with Crippen molar-refractivity contribution >= 4 is 22.3 Å². The number of aromatic nitrogens is 2. The summed E-state index contributed by atoms with van der Waals surface area (Å²) in [4.78, 5) is 19.1. The second-order valence-electron chi connectivity index (χ2n) is 7.48. The highest BCUT2D eigenvalue weighted by Gasteiger charge is 2.17. The highest BCUT2D eigenvalue weighted by Crippen LogP contribution is 2.27.